The summed E-state index contributed by atoms with van der Waals surface area (Å²) in [5.41, 5.74) is 2.82. The minimum atomic E-state index is -0.405. The van der Waals surface area contributed by atoms with Crippen molar-refractivity contribution in [1.82, 2.24) is 0 Å². The summed E-state index contributed by atoms with van der Waals surface area (Å²) in [5.74, 6) is 0.828. The fourth-order valence-electron chi connectivity index (χ4n) is 1.85. The summed E-state index contributed by atoms with van der Waals surface area (Å²) in [5, 5.41) is 0. The number of hydrogen-bond acceptors (Lipinski definition) is 3. The average Bonchev–Trinajstić information content (AvgIpc) is 2.35. The van der Waals surface area contributed by atoms with Gasteiger partial charge in [0.1, 0.15) is 12.4 Å². The number of ether oxygens (including phenoxy) is 2. The van der Waals surface area contributed by atoms with Crippen LogP contribution in [0.1, 0.15) is 37.8 Å². The Labute approximate surface area is 115 Å². The van der Waals surface area contributed by atoms with Gasteiger partial charge in [-0.25, -0.2) is 4.79 Å². The van der Waals surface area contributed by atoms with Gasteiger partial charge in [-0.1, -0.05) is 26.5 Å². The lowest BCUT2D eigenvalue weighted by Gasteiger charge is -2.13. The fourth-order valence-corrected chi connectivity index (χ4v) is 1.85. The highest BCUT2D eigenvalue weighted by atomic mass is 16.5. The van der Waals surface area contributed by atoms with Crippen LogP contribution in [-0.2, 0) is 9.53 Å². The SMILES string of the molecule is C=C(COc1ccc(C(C)C)c(C)c1)C(=O)OCC. The van der Waals surface area contributed by atoms with E-state index in [9.17, 15) is 4.79 Å². The monoisotopic (exact) mass is 262 g/mol. The molecule has 0 atom stereocenters. The number of rotatable bonds is 6. The Kier molecular flexibility index (Phi) is 5.61. The summed E-state index contributed by atoms with van der Waals surface area (Å²) in [4.78, 5) is 11.4. The van der Waals surface area contributed by atoms with Crippen LogP contribution in [0.25, 0.3) is 0 Å². The Morgan fingerprint density at radius 1 is 1.37 bits per heavy atom. The minimum absolute atomic E-state index is 0.152. The van der Waals surface area contributed by atoms with Crippen molar-refractivity contribution >= 4 is 5.97 Å². The van der Waals surface area contributed by atoms with Crippen LogP contribution >= 0.6 is 0 Å². The number of benzene rings is 1. The van der Waals surface area contributed by atoms with Crippen LogP contribution in [0.2, 0.25) is 0 Å². The lowest BCUT2D eigenvalue weighted by Crippen LogP contribution is -2.13. The maximum absolute atomic E-state index is 11.4. The first-order valence-corrected chi connectivity index (χ1v) is 6.54. The minimum Gasteiger partial charge on any atom is -0.489 e. The van der Waals surface area contributed by atoms with E-state index in [1.165, 1.54) is 11.1 Å². The summed E-state index contributed by atoms with van der Waals surface area (Å²) in [6.07, 6.45) is 0. The van der Waals surface area contributed by atoms with Crippen LogP contribution < -0.4 is 4.74 Å². The molecular weight excluding hydrogens is 240 g/mol. The maximum Gasteiger partial charge on any atom is 0.336 e. The zero-order valence-electron chi connectivity index (χ0n) is 12.2. The summed E-state index contributed by atoms with van der Waals surface area (Å²) in [6, 6.07) is 5.96. The molecular formula is C16H22O3. The molecule has 0 bridgehead atoms. The van der Waals surface area contributed by atoms with Crippen molar-refractivity contribution in [1.29, 1.82) is 0 Å². The Bertz CT molecular complexity index is 461. The van der Waals surface area contributed by atoms with Crippen molar-refractivity contribution in [2.45, 2.75) is 33.6 Å². The third kappa shape index (κ3) is 4.43. The number of aryl methyl sites for hydroxylation is 1. The van der Waals surface area contributed by atoms with E-state index in [-0.39, 0.29) is 6.61 Å². The van der Waals surface area contributed by atoms with Gasteiger partial charge in [-0.15, -0.1) is 0 Å². The van der Waals surface area contributed by atoms with Gasteiger partial charge in [-0.2, -0.15) is 0 Å². The van der Waals surface area contributed by atoms with Crippen LogP contribution in [0.5, 0.6) is 5.75 Å². The molecule has 0 amide bonds. The first kappa shape index (κ1) is 15.3. The van der Waals surface area contributed by atoms with Crippen molar-refractivity contribution in [2.75, 3.05) is 13.2 Å². The van der Waals surface area contributed by atoms with Crippen LogP contribution in [-0.4, -0.2) is 19.2 Å². The van der Waals surface area contributed by atoms with Gasteiger partial charge in [0.25, 0.3) is 0 Å². The lowest BCUT2D eigenvalue weighted by molar-refractivity contribution is -0.138. The molecule has 3 heteroatoms. The molecule has 0 saturated heterocycles. The topological polar surface area (TPSA) is 35.5 Å². The number of hydrogen-bond donors (Lipinski definition) is 0. The summed E-state index contributed by atoms with van der Waals surface area (Å²) >= 11 is 0. The Morgan fingerprint density at radius 3 is 2.58 bits per heavy atom. The molecule has 0 unspecified atom stereocenters. The average molecular weight is 262 g/mol. The standard InChI is InChI=1S/C16H22O3/c1-6-18-16(17)13(5)10-19-14-7-8-15(11(2)3)12(4)9-14/h7-9,11H,5-6,10H2,1-4H3. The summed E-state index contributed by atoms with van der Waals surface area (Å²) in [7, 11) is 0. The molecule has 0 fully saturated rings. The Hall–Kier alpha value is -1.77. The van der Waals surface area contributed by atoms with Gasteiger partial charge in [0.15, 0.2) is 0 Å². The molecule has 0 saturated carbocycles. The Balaban J connectivity index is 2.62. The first-order chi connectivity index (χ1) is 8.95. The molecule has 1 rings (SSSR count). The molecule has 104 valence electrons. The second kappa shape index (κ2) is 6.98. The highest BCUT2D eigenvalue weighted by Crippen LogP contribution is 2.23. The number of carbonyl (C=O) groups excluding carboxylic acids is 1. The maximum atomic E-state index is 11.4. The summed E-state index contributed by atoms with van der Waals surface area (Å²) < 4.78 is 10.4. The predicted molar refractivity (Wildman–Crippen MR) is 76.5 cm³/mol. The largest absolute Gasteiger partial charge is 0.489 e. The number of carbonyl (C=O) groups is 1. The zero-order valence-corrected chi connectivity index (χ0v) is 12.2. The van der Waals surface area contributed by atoms with Gasteiger partial charge in [0.2, 0.25) is 0 Å². The van der Waals surface area contributed by atoms with Crippen molar-refractivity contribution in [3.05, 3.63) is 41.5 Å². The van der Waals surface area contributed by atoms with Crippen LogP contribution in [0, 0.1) is 6.92 Å². The van der Waals surface area contributed by atoms with E-state index in [0.717, 1.165) is 5.75 Å². The molecule has 0 heterocycles. The third-order valence-corrected chi connectivity index (χ3v) is 2.84. The molecule has 0 N–H and O–H groups in total. The van der Waals surface area contributed by atoms with E-state index in [4.69, 9.17) is 9.47 Å². The molecule has 0 aliphatic carbocycles. The smallest absolute Gasteiger partial charge is 0.336 e. The van der Waals surface area contributed by atoms with E-state index >= 15 is 0 Å². The molecule has 19 heavy (non-hydrogen) atoms. The van der Waals surface area contributed by atoms with Crippen LogP contribution in [0.4, 0.5) is 0 Å². The van der Waals surface area contributed by atoms with Crippen molar-refractivity contribution in [3.8, 4) is 5.75 Å². The molecule has 1 aromatic rings. The first-order valence-electron chi connectivity index (χ1n) is 6.54. The van der Waals surface area contributed by atoms with Gasteiger partial charge in [0.05, 0.1) is 12.2 Å². The van der Waals surface area contributed by atoms with Gasteiger partial charge in [-0.05, 0) is 43.0 Å². The lowest BCUT2D eigenvalue weighted by atomic mass is 9.98. The fraction of sp³-hybridized carbons (Fsp3) is 0.438. The third-order valence-electron chi connectivity index (χ3n) is 2.84. The molecule has 0 aliphatic rings. The van der Waals surface area contributed by atoms with Gasteiger partial charge >= 0.3 is 5.97 Å². The molecule has 0 radical (unpaired) electrons. The van der Waals surface area contributed by atoms with Gasteiger partial charge in [0, 0.05) is 0 Å². The Morgan fingerprint density at radius 2 is 2.05 bits per heavy atom. The van der Waals surface area contributed by atoms with E-state index < -0.39 is 5.97 Å². The highest BCUT2D eigenvalue weighted by Gasteiger charge is 2.09. The van der Waals surface area contributed by atoms with Gasteiger partial charge in [-0.3, -0.25) is 0 Å². The van der Waals surface area contributed by atoms with E-state index in [1.54, 1.807) is 6.92 Å². The molecule has 0 aromatic heterocycles. The normalized spacial score (nSPS) is 10.4. The van der Waals surface area contributed by atoms with E-state index in [2.05, 4.69) is 33.4 Å². The molecule has 0 aliphatic heterocycles. The zero-order chi connectivity index (χ0) is 14.4. The van der Waals surface area contributed by atoms with Gasteiger partial charge < -0.3 is 9.47 Å². The van der Waals surface area contributed by atoms with Crippen LogP contribution in [0.3, 0.4) is 0 Å². The second-order valence-corrected chi connectivity index (χ2v) is 4.79. The summed E-state index contributed by atoms with van der Waals surface area (Å²) in [6.45, 7) is 12.3. The van der Waals surface area contributed by atoms with Crippen molar-refractivity contribution < 1.29 is 14.3 Å². The van der Waals surface area contributed by atoms with E-state index in [1.807, 2.05) is 12.1 Å². The van der Waals surface area contributed by atoms with Crippen molar-refractivity contribution in [3.63, 3.8) is 0 Å². The highest BCUT2D eigenvalue weighted by molar-refractivity contribution is 5.88. The number of esters is 1. The molecule has 1 aromatic carbocycles. The second-order valence-electron chi connectivity index (χ2n) is 4.79. The van der Waals surface area contributed by atoms with Crippen molar-refractivity contribution in [2.24, 2.45) is 0 Å². The molecule has 0 spiro atoms. The van der Waals surface area contributed by atoms with E-state index in [0.29, 0.717) is 18.1 Å². The quantitative estimate of drug-likeness (QED) is 0.580. The predicted octanol–water partition coefficient (Wildman–Crippen LogP) is 3.62. The van der Waals surface area contributed by atoms with Crippen LogP contribution in [0.15, 0.2) is 30.4 Å². The molecule has 3 nitrogen and oxygen atoms in total.